The number of ether oxygens (including phenoxy) is 1. The van der Waals surface area contributed by atoms with Gasteiger partial charge in [0, 0.05) is 38.0 Å². The molecular weight excluding hydrogens is 851 g/mol. The molecule has 0 spiro atoms. The van der Waals surface area contributed by atoms with Crippen LogP contribution in [-0.4, -0.2) is 87.7 Å². The molecule has 3 aliphatic heterocycles. The number of fused-ring (bicyclic) bond motifs is 1. The molecule has 3 fully saturated rings. The summed E-state index contributed by atoms with van der Waals surface area (Å²) in [4.78, 5) is 131. The summed E-state index contributed by atoms with van der Waals surface area (Å²) in [6, 6.07) is 13.4. The number of pyridine rings is 1. The minimum Gasteiger partial charge on any atom is -0.493 e. The molecule has 2 aromatic carbocycles. The number of nitrogens with zero attached hydrogens (tertiary/aromatic N) is 2. The third kappa shape index (κ3) is 11.6. The van der Waals surface area contributed by atoms with Crippen molar-refractivity contribution in [2.24, 2.45) is 11.8 Å². The number of amides is 8. The first-order valence-corrected chi connectivity index (χ1v) is 22.8. The predicted octanol–water partition coefficient (Wildman–Crippen LogP) is 3.24. The number of nitrogens with one attached hydrogen (secondary N) is 5. The second-order valence-corrected chi connectivity index (χ2v) is 17.3. The molecule has 4 heterocycles. The molecule has 1 saturated carbocycles. The molecule has 18 nitrogen and oxygen atoms in total. The number of Topliss-reactive ketones (excluding diaryl/α,β-unsaturated/α-hetero) is 1. The zero-order valence-electron chi connectivity index (χ0n) is 36.6. The number of anilines is 1. The molecule has 4 atom stereocenters. The highest BCUT2D eigenvalue weighted by molar-refractivity contribution is 6.38. The minimum absolute atomic E-state index is 0.00504. The summed E-state index contributed by atoms with van der Waals surface area (Å²) in [6.07, 6.45) is 8.60. The summed E-state index contributed by atoms with van der Waals surface area (Å²) in [5.74, 6) is -5.56. The van der Waals surface area contributed by atoms with E-state index in [0.717, 1.165) is 49.0 Å². The Morgan fingerprint density at radius 3 is 2.26 bits per heavy atom. The Kier molecular flexibility index (Phi) is 15.5. The third-order valence-corrected chi connectivity index (χ3v) is 12.5. The number of hydrogen-bond acceptors (Lipinski definition) is 11. The fourth-order valence-electron chi connectivity index (χ4n) is 8.64. The van der Waals surface area contributed by atoms with Crippen molar-refractivity contribution in [3.8, 4) is 5.75 Å². The Hall–Kier alpha value is -6.98. The van der Waals surface area contributed by atoms with Crippen molar-refractivity contribution in [1.82, 2.24) is 30.7 Å². The number of ketones is 1. The van der Waals surface area contributed by atoms with Gasteiger partial charge in [-0.3, -0.25) is 58.2 Å². The molecule has 18 heteroatoms. The Balaban J connectivity index is 0.865. The lowest BCUT2D eigenvalue weighted by Gasteiger charge is -2.27. The molecule has 4 aliphatic rings. The van der Waals surface area contributed by atoms with Gasteiger partial charge in [0.15, 0.2) is 0 Å². The van der Waals surface area contributed by atoms with Gasteiger partial charge in [-0.05, 0) is 74.3 Å². The van der Waals surface area contributed by atoms with Crippen LogP contribution in [-0.2, 0) is 40.1 Å². The second kappa shape index (κ2) is 21.8. The average molecular weight is 906 g/mol. The monoisotopic (exact) mass is 905 g/mol. The van der Waals surface area contributed by atoms with Gasteiger partial charge in [0.1, 0.15) is 23.5 Å². The van der Waals surface area contributed by atoms with Gasteiger partial charge >= 0.3 is 0 Å². The molecule has 0 radical (unpaired) electrons. The number of aromatic nitrogens is 1. The molecule has 3 aromatic rings. The van der Waals surface area contributed by atoms with Crippen LogP contribution in [0.15, 0.2) is 71.7 Å². The standard InChI is InChI=1S/C48H55N7O11/c56-38(17-8-3-1-2-4-9-25-66-37-16-10-14-32-40(37)48(65)55(46(32)63)35-20-21-39(57)53-43(35)60)51-33-15-11-24-54(47(33)64)36(26-29-18-19-29)44(61)52-34(27-31-22-23-49-42(31)59)41(58)45(62)50-28-30-12-6-5-7-13-30/h5-7,10-16,24,29,31,34-36H,1-4,8-9,17-23,25-28H2,(H,49,59)(H,50,62)(H,51,56)(H,52,61)(H,53,57,60). The van der Waals surface area contributed by atoms with Gasteiger partial charge in [-0.1, -0.05) is 74.9 Å². The van der Waals surface area contributed by atoms with Gasteiger partial charge in [0.25, 0.3) is 23.3 Å². The molecule has 348 valence electrons. The van der Waals surface area contributed by atoms with Gasteiger partial charge < -0.3 is 30.6 Å². The Morgan fingerprint density at radius 1 is 0.773 bits per heavy atom. The smallest absolute Gasteiger partial charge is 0.289 e. The number of unbranched alkanes of at least 4 members (excludes halogenated alkanes) is 5. The lowest BCUT2D eigenvalue weighted by molar-refractivity contribution is -0.141. The Bertz CT molecular complexity index is 2430. The van der Waals surface area contributed by atoms with Gasteiger partial charge in [-0.25, -0.2) is 0 Å². The largest absolute Gasteiger partial charge is 0.493 e. The molecular formula is C48H55N7O11. The van der Waals surface area contributed by atoms with E-state index in [4.69, 9.17) is 4.74 Å². The van der Waals surface area contributed by atoms with Gasteiger partial charge in [0.05, 0.1) is 23.8 Å². The van der Waals surface area contributed by atoms with E-state index < -0.39 is 70.8 Å². The van der Waals surface area contributed by atoms with E-state index in [1.165, 1.54) is 22.9 Å². The van der Waals surface area contributed by atoms with Crippen LogP contribution in [0.5, 0.6) is 5.75 Å². The van der Waals surface area contributed by atoms with Crippen LogP contribution < -0.4 is 36.9 Å². The highest BCUT2D eigenvalue weighted by Gasteiger charge is 2.46. The van der Waals surface area contributed by atoms with Gasteiger partial charge in [-0.15, -0.1) is 0 Å². The van der Waals surface area contributed by atoms with Crippen molar-refractivity contribution in [1.29, 1.82) is 0 Å². The van der Waals surface area contributed by atoms with E-state index in [0.29, 0.717) is 38.8 Å². The SMILES string of the molecule is O=C1CCC(N2C(=O)c3cccc(OCCCCCCCCC(=O)Nc4cccn(C(CC5CC5)C(=O)NC(CC5CCNC5=O)C(=O)C(=O)NCc5ccccc5)c4=O)c3C2=O)C(=O)N1. The summed E-state index contributed by atoms with van der Waals surface area (Å²) >= 11 is 0. The van der Waals surface area contributed by atoms with Crippen molar-refractivity contribution < 1.29 is 47.9 Å². The Morgan fingerprint density at radius 2 is 1.53 bits per heavy atom. The van der Waals surface area contributed by atoms with Crippen LogP contribution in [0.2, 0.25) is 0 Å². The number of carbonyl (C=O) groups is 9. The van der Waals surface area contributed by atoms with Crippen LogP contribution in [0.3, 0.4) is 0 Å². The number of benzene rings is 2. The van der Waals surface area contributed by atoms with Crippen molar-refractivity contribution in [3.05, 3.63) is 93.9 Å². The molecule has 2 saturated heterocycles. The quantitative estimate of drug-likeness (QED) is 0.0525. The number of hydrogen-bond donors (Lipinski definition) is 5. The molecule has 7 rings (SSSR count). The van der Waals surface area contributed by atoms with E-state index in [2.05, 4.69) is 26.6 Å². The zero-order chi connectivity index (χ0) is 46.7. The lowest BCUT2D eigenvalue weighted by atomic mass is 9.94. The van der Waals surface area contributed by atoms with Gasteiger partial charge in [-0.2, -0.15) is 0 Å². The molecule has 66 heavy (non-hydrogen) atoms. The average Bonchev–Trinajstić information content (AvgIpc) is 3.99. The Labute approximate surface area is 381 Å². The van der Waals surface area contributed by atoms with E-state index in [1.54, 1.807) is 42.5 Å². The fourth-order valence-corrected chi connectivity index (χ4v) is 8.64. The van der Waals surface area contributed by atoms with Crippen LogP contribution in [0.4, 0.5) is 5.69 Å². The normalized spacial score (nSPS) is 18.8. The minimum atomic E-state index is -1.31. The first-order chi connectivity index (χ1) is 31.9. The van der Waals surface area contributed by atoms with Gasteiger partial charge in [0.2, 0.25) is 35.3 Å². The number of imide groups is 2. The summed E-state index contributed by atoms with van der Waals surface area (Å²) in [7, 11) is 0. The molecule has 0 bridgehead atoms. The van der Waals surface area contributed by atoms with E-state index in [1.807, 2.05) is 6.07 Å². The summed E-state index contributed by atoms with van der Waals surface area (Å²) in [6.45, 7) is 0.805. The number of carbonyl (C=O) groups excluding carboxylic acids is 9. The summed E-state index contributed by atoms with van der Waals surface area (Å²) in [5, 5.41) is 12.9. The maximum Gasteiger partial charge on any atom is 0.289 e. The first kappa shape index (κ1) is 47.0. The zero-order valence-corrected chi connectivity index (χ0v) is 36.6. The predicted molar refractivity (Wildman–Crippen MR) is 238 cm³/mol. The highest BCUT2D eigenvalue weighted by atomic mass is 16.5. The van der Waals surface area contributed by atoms with E-state index >= 15 is 0 Å². The van der Waals surface area contributed by atoms with Crippen molar-refractivity contribution in [2.75, 3.05) is 18.5 Å². The van der Waals surface area contributed by atoms with Crippen LogP contribution in [0.1, 0.15) is 122 Å². The second-order valence-electron chi connectivity index (χ2n) is 17.3. The van der Waals surface area contributed by atoms with Crippen LogP contribution in [0.25, 0.3) is 0 Å². The summed E-state index contributed by atoms with van der Waals surface area (Å²) in [5.41, 5.74) is 0.454. The lowest BCUT2D eigenvalue weighted by Crippen LogP contribution is -2.54. The molecule has 1 aromatic heterocycles. The molecule has 5 N–H and O–H groups in total. The third-order valence-electron chi connectivity index (χ3n) is 12.5. The topological polar surface area (TPSA) is 248 Å². The van der Waals surface area contributed by atoms with Crippen molar-refractivity contribution >= 4 is 58.7 Å². The molecule has 8 amide bonds. The van der Waals surface area contributed by atoms with Crippen molar-refractivity contribution in [2.45, 2.75) is 115 Å². The summed E-state index contributed by atoms with van der Waals surface area (Å²) < 4.78 is 7.17. The first-order valence-electron chi connectivity index (χ1n) is 22.8. The number of piperidine rings is 1. The maximum absolute atomic E-state index is 14.1. The van der Waals surface area contributed by atoms with E-state index in [-0.39, 0.29) is 72.5 Å². The highest BCUT2D eigenvalue weighted by Crippen LogP contribution is 2.37. The van der Waals surface area contributed by atoms with E-state index in [9.17, 15) is 47.9 Å². The number of rotatable bonds is 23. The van der Waals surface area contributed by atoms with Crippen molar-refractivity contribution in [3.63, 3.8) is 0 Å². The maximum atomic E-state index is 14.1. The molecule has 1 aliphatic carbocycles. The van der Waals surface area contributed by atoms with Crippen LogP contribution >= 0.6 is 0 Å². The fraction of sp³-hybridized carbons (Fsp3) is 0.458. The molecule has 4 unspecified atom stereocenters. The van der Waals surface area contributed by atoms with Crippen LogP contribution in [0, 0.1) is 11.8 Å².